The molecule has 2 heterocycles. The van der Waals surface area contributed by atoms with Crippen LogP contribution in [-0.2, 0) is 9.59 Å². The van der Waals surface area contributed by atoms with Crippen LogP contribution in [0.3, 0.4) is 0 Å². The van der Waals surface area contributed by atoms with Crippen LogP contribution >= 0.6 is 0 Å². The zero-order valence-electron chi connectivity index (χ0n) is 10.1. The maximum absolute atomic E-state index is 12.0. The second-order valence-corrected chi connectivity index (χ2v) is 4.66. The lowest BCUT2D eigenvalue weighted by Crippen LogP contribution is -2.36. The fourth-order valence-corrected chi connectivity index (χ4v) is 2.65. The minimum absolute atomic E-state index is 0.00278. The molecule has 2 saturated heterocycles. The topological polar surface area (TPSA) is 77.9 Å². The van der Waals surface area contributed by atoms with Crippen LogP contribution < -0.4 is 4.90 Å². The Labute approximate surface area is 109 Å². The summed E-state index contributed by atoms with van der Waals surface area (Å²) in [5.41, 5.74) is 0.812. The van der Waals surface area contributed by atoms with E-state index in [4.69, 9.17) is 5.11 Å². The predicted octanol–water partition coefficient (Wildman–Crippen LogP) is 0.680. The van der Waals surface area contributed by atoms with Crippen LogP contribution in [0.2, 0.25) is 0 Å². The minimum atomic E-state index is -1.00. The van der Waals surface area contributed by atoms with Gasteiger partial charge in [0, 0.05) is 12.1 Å². The highest BCUT2D eigenvalue weighted by Crippen LogP contribution is 2.32. The third kappa shape index (κ3) is 1.76. The van der Waals surface area contributed by atoms with Gasteiger partial charge < -0.3 is 10.0 Å². The van der Waals surface area contributed by atoms with Gasteiger partial charge in [-0.3, -0.25) is 14.5 Å². The predicted molar refractivity (Wildman–Crippen MR) is 65.6 cm³/mol. The lowest BCUT2D eigenvalue weighted by Gasteiger charge is -2.24. The Morgan fingerprint density at radius 1 is 1.16 bits per heavy atom. The van der Waals surface area contributed by atoms with E-state index in [1.807, 2.05) is 0 Å². The third-order valence-corrected chi connectivity index (χ3v) is 3.56. The van der Waals surface area contributed by atoms with Crippen molar-refractivity contribution in [1.82, 2.24) is 4.90 Å². The molecule has 1 atom stereocenters. The first-order valence-corrected chi connectivity index (χ1v) is 6.03. The summed E-state index contributed by atoms with van der Waals surface area (Å²) in [6.45, 7) is 0.115. The van der Waals surface area contributed by atoms with Gasteiger partial charge in [0.25, 0.3) is 0 Å². The number of anilines is 1. The molecular formula is C13H12N2O4. The number of amides is 2. The average molecular weight is 260 g/mol. The molecule has 0 saturated carbocycles. The number of carboxylic acids is 1. The van der Waals surface area contributed by atoms with Gasteiger partial charge in [0.05, 0.1) is 5.56 Å². The molecule has 1 aromatic rings. The first kappa shape index (κ1) is 11.7. The molecule has 98 valence electrons. The Bertz CT molecular complexity index is 567. The number of hydrogen-bond donors (Lipinski definition) is 1. The second-order valence-electron chi connectivity index (χ2n) is 4.66. The molecule has 6 nitrogen and oxygen atoms in total. The molecule has 2 amide bonds. The molecule has 2 fully saturated rings. The van der Waals surface area contributed by atoms with Gasteiger partial charge in [0.15, 0.2) is 0 Å². The summed E-state index contributed by atoms with van der Waals surface area (Å²) in [6.07, 6.45) is 0.878. The molecule has 6 heteroatoms. The van der Waals surface area contributed by atoms with E-state index < -0.39 is 5.97 Å². The van der Waals surface area contributed by atoms with Gasteiger partial charge in [-0.15, -0.1) is 0 Å². The van der Waals surface area contributed by atoms with E-state index in [-0.39, 0.29) is 30.1 Å². The largest absolute Gasteiger partial charge is 0.478 e. The van der Waals surface area contributed by atoms with Crippen LogP contribution in [0.25, 0.3) is 0 Å². The van der Waals surface area contributed by atoms with Crippen molar-refractivity contribution < 1.29 is 19.5 Å². The van der Waals surface area contributed by atoms with E-state index in [2.05, 4.69) is 0 Å². The summed E-state index contributed by atoms with van der Waals surface area (Å²) >= 11 is 0. The van der Waals surface area contributed by atoms with Crippen LogP contribution in [0, 0.1) is 0 Å². The summed E-state index contributed by atoms with van der Waals surface area (Å²) in [5.74, 6) is -1.12. The minimum Gasteiger partial charge on any atom is -0.478 e. The fraction of sp³-hybridized carbons (Fsp3) is 0.308. The monoisotopic (exact) mass is 260 g/mol. The number of carboxylic acid groups (broad SMARTS) is 1. The van der Waals surface area contributed by atoms with E-state index in [0.717, 1.165) is 0 Å². The van der Waals surface area contributed by atoms with Crippen molar-refractivity contribution >= 4 is 23.5 Å². The Morgan fingerprint density at radius 3 is 2.47 bits per heavy atom. The number of carbonyl (C=O) groups excluding carboxylic acids is 2. The Kier molecular flexibility index (Phi) is 2.51. The molecule has 0 aromatic heterocycles. The van der Waals surface area contributed by atoms with Gasteiger partial charge in [-0.25, -0.2) is 4.79 Å². The second kappa shape index (κ2) is 4.08. The highest BCUT2D eigenvalue weighted by atomic mass is 16.4. The maximum atomic E-state index is 12.0. The first-order valence-electron chi connectivity index (χ1n) is 6.03. The number of rotatable bonds is 2. The summed E-state index contributed by atoms with van der Waals surface area (Å²) in [4.78, 5) is 37.5. The maximum Gasteiger partial charge on any atom is 0.335 e. The Balaban J connectivity index is 1.91. The molecule has 1 aromatic carbocycles. The summed E-state index contributed by atoms with van der Waals surface area (Å²) in [6, 6.07) is 6.13. The molecule has 0 aliphatic carbocycles. The molecule has 0 spiro atoms. The van der Waals surface area contributed by atoms with Crippen LogP contribution in [0.4, 0.5) is 5.69 Å². The van der Waals surface area contributed by atoms with Gasteiger partial charge in [-0.1, -0.05) is 0 Å². The normalized spacial score (nSPS) is 22.0. The molecule has 0 bridgehead atoms. The molecule has 0 radical (unpaired) electrons. The van der Waals surface area contributed by atoms with Crippen molar-refractivity contribution in [3.05, 3.63) is 29.8 Å². The lowest BCUT2D eigenvalue weighted by atomic mass is 10.2. The van der Waals surface area contributed by atoms with Crippen LogP contribution in [0.5, 0.6) is 0 Å². The number of fused-ring (bicyclic) bond motifs is 1. The van der Waals surface area contributed by atoms with Crippen LogP contribution in [-0.4, -0.2) is 40.5 Å². The van der Waals surface area contributed by atoms with Gasteiger partial charge in [-0.2, -0.15) is 0 Å². The fourth-order valence-electron chi connectivity index (χ4n) is 2.65. The molecule has 3 rings (SSSR count). The third-order valence-electron chi connectivity index (χ3n) is 3.56. The Morgan fingerprint density at radius 2 is 1.84 bits per heavy atom. The SMILES string of the molecule is O=C(O)c1ccc(N2C(=O)CN3C(=O)CCC32)cc1. The molecule has 19 heavy (non-hydrogen) atoms. The first-order chi connectivity index (χ1) is 9.08. The van der Waals surface area contributed by atoms with E-state index in [9.17, 15) is 14.4 Å². The zero-order chi connectivity index (χ0) is 13.6. The average Bonchev–Trinajstić information content (AvgIpc) is 2.89. The van der Waals surface area contributed by atoms with Gasteiger partial charge in [0.1, 0.15) is 12.7 Å². The van der Waals surface area contributed by atoms with Crippen LogP contribution in [0.1, 0.15) is 23.2 Å². The van der Waals surface area contributed by atoms with E-state index in [0.29, 0.717) is 18.5 Å². The van der Waals surface area contributed by atoms with E-state index in [1.54, 1.807) is 21.9 Å². The van der Waals surface area contributed by atoms with Crippen molar-refractivity contribution in [3.63, 3.8) is 0 Å². The Hall–Kier alpha value is -2.37. The highest BCUT2D eigenvalue weighted by Gasteiger charge is 2.45. The van der Waals surface area contributed by atoms with Crippen molar-refractivity contribution in [1.29, 1.82) is 0 Å². The summed E-state index contributed by atoms with van der Waals surface area (Å²) < 4.78 is 0. The molecule has 2 aliphatic rings. The van der Waals surface area contributed by atoms with Crippen LogP contribution in [0.15, 0.2) is 24.3 Å². The molecule has 1 N–H and O–H groups in total. The van der Waals surface area contributed by atoms with E-state index >= 15 is 0 Å². The quantitative estimate of drug-likeness (QED) is 0.848. The van der Waals surface area contributed by atoms with E-state index in [1.165, 1.54) is 12.1 Å². The summed E-state index contributed by atoms with van der Waals surface area (Å²) in [5, 5.41) is 8.84. The number of benzene rings is 1. The van der Waals surface area contributed by atoms with Gasteiger partial charge in [0.2, 0.25) is 11.8 Å². The highest BCUT2D eigenvalue weighted by molar-refractivity contribution is 6.02. The van der Waals surface area contributed by atoms with Crippen molar-refractivity contribution in [2.75, 3.05) is 11.4 Å². The van der Waals surface area contributed by atoms with Crippen molar-refractivity contribution in [3.8, 4) is 0 Å². The molecular weight excluding hydrogens is 248 g/mol. The lowest BCUT2D eigenvalue weighted by molar-refractivity contribution is -0.129. The number of hydrogen-bond acceptors (Lipinski definition) is 3. The molecule has 2 aliphatic heterocycles. The summed E-state index contributed by atoms with van der Waals surface area (Å²) in [7, 11) is 0. The van der Waals surface area contributed by atoms with Crippen molar-refractivity contribution in [2.45, 2.75) is 19.0 Å². The number of aromatic carboxylic acids is 1. The van der Waals surface area contributed by atoms with Gasteiger partial charge >= 0.3 is 5.97 Å². The number of nitrogens with zero attached hydrogens (tertiary/aromatic N) is 2. The smallest absolute Gasteiger partial charge is 0.335 e. The van der Waals surface area contributed by atoms with Crippen molar-refractivity contribution in [2.24, 2.45) is 0 Å². The molecule has 1 unspecified atom stereocenters. The van der Waals surface area contributed by atoms with Gasteiger partial charge in [-0.05, 0) is 30.7 Å². The standard InChI is InChI=1S/C13H12N2O4/c16-11-6-5-10-14(11)7-12(17)15(10)9-3-1-8(2-4-9)13(18)19/h1-4,10H,5-7H2,(H,18,19). The number of carbonyl (C=O) groups is 3. The zero-order valence-corrected chi connectivity index (χ0v) is 10.1.